The number of benzene rings is 3. The Morgan fingerprint density at radius 2 is 1.33 bits per heavy atom. The maximum atomic E-state index is 12.9. The Balaban J connectivity index is 0.00000128. The summed E-state index contributed by atoms with van der Waals surface area (Å²) in [5.74, 6) is -0.638. The van der Waals surface area contributed by atoms with Gasteiger partial charge < -0.3 is 9.64 Å². The van der Waals surface area contributed by atoms with E-state index in [1.54, 1.807) is 12.1 Å². The first-order valence-electron chi connectivity index (χ1n) is 8.88. The van der Waals surface area contributed by atoms with Crippen LogP contribution in [0.1, 0.15) is 11.1 Å². The van der Waals surface area contributed by atoms with Crippen molar-refractivity contribution in [2.75, 3.05) is 18.7 Å². The Hall–Kier alpha value is -0.630. The van der Waals surface area contributed by atoms with E-state index >= 15 is 0 Å². The maximum Gasteiger partial charge on any atom is 0.483 e. The Morgan fingerprint density at radius 3 is 1.90 bits per heavy atom. The third kappa shape index (κ3) is 4.07. The number of nitrogens with zero attached hydrogens (tertiary/aromatic N) is 1. The predicted octanol–water partition coefficient (Wildman–Crippen LogP) is 4.42. The van der Waals surface area contributed by atoms with E-state index in [0.29, 0.717) is 5.75 Å². The van der Waals surface area contributed by atoms with Gasteiger partial charge in [0.15, 0.2) is 6.79 Å². The quantitative estimate of drug-likeness (QED) is 0.340. The van der Waals surface area contributed by atoms with Gasteiger partial charge in [-0.15, -0.1) is 0 Å². The Bertz CT molecular complexity index is 1020. The van der Waals surface area contributed by atoms with Crippen molar-refractivity contribution in [3.05, 3.63) is 90.0 Å². The van der Waals surface area contributed by atoms with E-state index in [1.807, 2.05) is 73.8 Å². The molecule has 6 nitrogen and oxygen atoms in total. The van der Waals surface area contributed by atoms with Crippen molar-refractivity contribution in [2.45, 2.75) is 5.79 Å². The summed E-state index contributed by atoms with van der Waals surface area (Å²) in [4.78, 5) is 2.06. The van der Waals surface area contributed by atoms with Crippen LogP contribution in [0, 0.1) is 0 Å². The molecule has 0 N–H and O–H groups in total. The van der Waals surface area contributed by atoms with Crippen LogP contribution in [0.5, 0.6) is 5.75 Å². The molecule has 2 radical (unpaired) electrons. The van der Waals surface area contributed by atoms with Crippen LogP contribution in [0.3, 0.4) is 0 Å². The number of fused-ring (bicyclic) bond motifs is 4. The van der Waals surface area contributed by atoms with Gasteiger partial charge >= 0.3 is 7.82 Å². The Morgan fingerprint density at radius 1 is 0.833 bits per heavy atom. The van der Waals surface area contributed by atoms with Crippen molar-refractivity contribution in [3.8, 4) is 5.75 Å². The normalized spacial score (nSPS) is 16.9. The Labute approximate surface area is 219 Å². The summed E-state index contributed by atoms with van der Waals surface area (Å²) in [6.07, 6.45) is 0. The van der Waals surface area contributed by atoms with E-state index in [9.17, 15) is 4.57 Å². The van der Waals surface area contributed by atoms with E-state index in [1.165, 1.54) is 0 Å². The fourth-order valence-corrected chi connectivity index (χ4v) is 4.93. The molecule has 2 aliphatic rings. The molecular formula is C21H18NNa2O5P. The molecule has 1 saturated heterocycles. The number of rotatable bonds is 4. The summed E-state index contributed by atoms with van der Waals surface area (Å²) in [5, 5.41) is 0. The zero-order valence-corrected chi connectivity index (χ0v) is 22.0. The summed E-state index contributed by atoms with van der Waals surface area (Å²) < 4.78 is 35.4. The standard InChI is InChI=1S/C21H18NO5P.2Na/c1-22-19-13-7-5-11-17(19)21(18-12-6-8-14-20(18)22)26-28(23,27-21)25-15-24-16-9-3-2-4-10-16;;/h2-14H,15H2,1H3;;. The zero-order chi connectivity index (χ0) is 19.2. The monoisotopic (exact) mass is 441 g/mol. The molecule has 0 atom stereocenters. The molecule has 0 amide bonds. The minimum Gasteiger partial charge on any atom is -0.467 e. The van der Waals surface area contributed by atoms with Crippen LogP contribution < -0.4 is 9.64 Å². The average molecular weight is 441 g/mol. The van der Waals surface area contributed by atoms with E-state index in [0.717, 1.165) is 22.5 Å². The number of hydrogen-bond acceptors (Lipinski definition) is 6. The second kappa shape index (κ2) is 9.47. The van der Waals surface area contributed by atoms with Crippen LogP contribution in [0.2, 0.25) is 0 Å². The second-order valence-electron chi connectivity index (χ2n) is 6.54. The largest absolute Gasteiger partial charge is 0.483 e. The smallest absolute Gasteiger partial charge is 0.467 e. The fourth-order valence-electron chi connectivity index (χ4n) is 3.61. The van der Waals surface area contributed by atoms with Crippen molar-refractivity contribution < 1.29 is 22.9 Å². The van der Waals surface area contributed by atoms with Crippen molar-refractivity contribution in [2.24, 2.45) is 0 Å². The molecule has 3 aromatic carbocycles. The third-order valence-corrected chi connectivity index (χ3v) is 6.28. The number of phosphoric acid groups is 1. The Kier molecular flexibility index (Phi) is 7.58. The summed E-state index contributed by atoms with van der Waals surface area (Å²) in [6, 6.07) is 24.6. The molecule has 30 heavy (non-hydrogen) atoms. The minimum atomic E-state index is -3.74. The van der Waals surface area contributed by atoms with Crippen LogP contribution in [0.15, 0.2) is 78.9 Å². The van der Waals surface area contributed by atoms with E-state index in [-0.39, 0.29) is 65.9 Å². The first-order chi connectivity index (χ1) is 13.6. The molecule has 0 aromatic heterocycles. The van der Waals surface area contributed by atoms with Crippen molar-refractivity contribution in [1.82, 2.24) is 0 Å². The molecule has 5 rings (SSSR count). The maximum absolute atomic E-state index is 12.9. The molecular weight excluding hydrogens is 423 g/mol. The van der Waals surface area contributed by atoms with Gasteiger partial charge in [0.1, 0.15) is 5.75 Å². The van der Waals surface area contributed by atoms with E-state index in [2.05, 4.69) is 4.90 Å². The molecule has 0 aliphatic carbocycles. The van der Waals surface area contributed by atoms with Crippen LogP contribution in [-0.2, 0) is 23.9 Å². The SMILES string of the molecule is CN1c2ccccc2C2(OP(=O)(OCOc3ccccc3)O2)c2ccccc21.[Na].[Na]. The van der Waals surface area contributed by atoms with Gasteiger partial charge in [-0.3, -0.25) is 0 Å². The number of ether oxygens (including phenoxy) is 1. The van der Waals surface area contributed by atoms with Gasteiger partial charge in [-0.1, -0.05) is 54.6 Å². The molecule has 1 fully saturated rings. The first kappa shape index (κ1) is 24.0. The molecule has 1 spiro atoms. The minimum absolute atomic E-state index is 0. The summed E-state index contributed by atoms with van der Waals surface area (Å²) in [6.45, 7) is -0.236. The van der Waals surface area contributed by atoms with Crippen LogP contribution in [0.4, 0.5) is 11.4 Å². The van der Waals surface area contributed by atoms with Crippen LogP contribution in [0.25, 0.3) is 0 Å². The molecule has 2 heterocycles. The van der Waals surface area contributed by atoms with Gasteiger partial charge in [0, 0.05) is 88.7 Å². The van der Waals surface area contributed by atoms with Gasteiger partial charge in [-0.2, -0.15) is 0 Å². The number of para-hydroxylation sites is 3. The van der Waals surface area contributed by atoms with Crippen molar-refractivity contribution >= 4 is 78.3 Å². The number of anilines is 2. The third-order valence-electron chi connectivity index (χ3n) is 4.90. The number of hydrogen-bond donors (Lipinski definition) is 0. The first-order valence-corrected chi connectivity index (χ1v) is 10.3. The molecule has 144 valence electrons. The fraction of sp³-hybridized carbons (Fsp3) is 0.143. The molecule has 0 bridgehead atoms. The number of phosphoric ester groups is 1. The van der Waals surface area contributed by atoms with Gasteiger partial charge in [-0.25, -0.2) is 18.1 Å². The molecule has 0 saturated carbocycles. The van der Waals surface area contributed by atoms with Crippen LogP contribution in [-0.4, -0.2) is 73.0 Å². The van der Waals surface area contributed by atoms with Gasteiger partial charge in [0.25, 0.3) is 0 Å². The van der Waals surface area contributed by atoms with Gasteiger partial charge in [-0.05, 0) is 24.3 Å². The van der Waals surface area contributed by atoms with Gasteiger partial charge in [0.05, 0.1) is 0 Å². The second-order valence-corrected chi connectivity index (χ2v) is 8.06. The van der Waals surface area contributed by atoms with Crippen LogP contribution >= 0.6 is 7.82 Å². The summed E-state index contributed by atoms with van der Waals surface area (Å²) in [7, 11) is -1.76. The van der Waals surface area contributed by atoms with Crippen molar-refractivity contribution in [1.29, 1.82) is 0 Å². The summed E-state index contributed by atoms with van der Waals surface area (Å²) >= 11 is 0. The van der Waals surface area contributed by atoms with E-state index in [4.69, 9.17) is 18.3 Å². The van der Waals surface area contributed by atoms with Gasteiger partial charge in [0.2, 0.25) is 5.79 Å². The average Bonchev–Trinajstić information content (AvgIpc) is 2.71. The predicted molar refractivity (Wildman–Crippen MR) is 116 cm³/mol. The molecule has 9 heteroatoms. The molecule has 0 unspecified atom stereocenters. The topological polar surface area (TPSA) is 57.2 Å². The van der Waals surface area contributed by atoms with E-state index < -0.39 is 13.6 Å². The molecule has 3 aromatic rings. The van der Waals surface area contributed by atoms with Crippen molar-refractivity contribution in [3.63, 3.8) is 0 Å². The zero-order valence-electron chi connectivity index (χ0n) is 17.1. The summed E-state index contributed by atoms with van der Waals surface area (Å²) in [5.41, 5.74) is 3.42. The molecule has 2 aliphatic heterocycles.